The van der Waals surface area contributed by atoms with Crippen LogP contribution >= 0.6 is 22.6 Å². The van der Waals surface area contributed by atoms with E-state index in [4.69, 9.17) is 0 Å². The van der Waals surface area contributed by atoms with Gasteiger partial charge in [0.2, 0.25) is 0 Å². The first-order chi connectivity index (χ1) is 3.22. The van der Waals surface area contributed by atoms with Crippen molar-refractivity contribution < 1.29 is 9.53 Å². The second-order valence-corrected chi connectivity index (χ2v) is 2.89. The summed E-state index contributed by atoms with van der Waals surface area (Å²) in [6.45, 7) is 1.89. The number of carbonyl (C=O) groups is 1. The van der Waals surface area contributed by atoms with Gasteiger partial charge in [0.15, 0.2) is 0 Å². The number of halogens is 1. The van der Waals surface area contributed by atoms with Gasteiger partial charge in [0.1, 0.15) is 10.0 Å². The third kappa shape index (κ3) is 0.735. The number of hydrogen-bond donors (Lipinski definition) is 0. The van der Waals surface area contributed by atoms with Gasteiger partial charge in [-0.15, -0.1) is 0 Å². The fourth-order valence-electron chi connectivity index (χ4n) is 0.427. The van der Waals surface area contributed by atoms with Gasteiger partial charge in [0, 0.05) is 0 Å². The minimum Gasteiger partial charge on any atom is -0.460 e. The number of esters is 1. The minimum atomic E-state index is -0.0758. The standard InChI is InChI=1S/C4H5IO2/c1-2-3(5)4(6)7-2/h2-3H,1H3. The maximum absolute atomic E-state index is 10.2. The molecule has 0 spiro atoms. The lowest BCUT2D eigenvalue weighted by Crippen LogP contribution is -2.43. The largest absolute Gasteiger partial charge is 0.460 e. The van der Waals surface area contributed by atoms with Gasteiger partial charge in [0.25, 0.3) is 0 Å². The summed E-state index contributed by atoms with van der Waals surface area (Å²) in [5.41, 5.74) is 0. The normalized spacial score (nSPS) is 39.4. The summed E-state index contributed by atoms with van der Waals surface area (Å²) in [7, 11) is 0. The molecule has 1 saturated heterocycles. The van der Waals surface area contributed by atoms with Gasteiger partial charge in [-0.2, -0.15) is 0 Å². The summed E-state index contributed by atoms with van der Waals surface area (Å²) >= 11 is 2.07. The van der Waals surface area contributed by atoms with Crippen LogP contribution in [0, 0.1) is 0 Å². The summed E-state index contributed by atoms with van der Waals surface area (Å²) < 4.78 is 4.71. The molecular weight excluding hydrogens is 207 g/mol. The van der Waals surface area contributed by atoms with Crippen LogP contribution in [0.15, 0.2) is 0 Å². The van der Waals surface area contributed by atoms with E-state index in [1.807, 2.05) is 6.92 Å². The zero-order chi connectivity index (χ0) is 5.44. The Morgan fingerprint density at radius 1 is 1.86 bits per heavy atom. The van der Waals surface area contributed by atoms with Gasteiger partial charge < -0.3 is 4.74 Å². The van der Waals surface area contributed by atoms with E-state index >= 15 is 0 Å². The molecule has 0 saturated carbocycles. The van der Waals surface area contributed by atoms with E-state index in [0.717, 1.165) is 0 Å². The molecule has 1 fully saturated rings. The van der Waals surface area contributed by atoms with Gasteiger partial charge in [-0.25, -0.2) is 0 Å². The second kappa shape index (κ2) is 1.61. The number of alkyl halides is 1. The van der Waals surface area contributed by atoms with Gasteiger partial charge in [-0.1, -0.05) is 22.6 Å². The highest BCUT2D eigenvalue weighted by molar-refractivity contribution is 14.1. The minimum absolute atomic E-state index is 0.0758. The summed E-state index contributed by atoms with van der Waals surface area (Å²) in [5, 5.41) is 0. The van der Waals surface area contributed by atoms with Crippen molar-refractivity contribution in [2.24, 2.45) is 0 Å². The van der Waals surface area contributed by atoms with Crippen molar-refractivity contribution in [1.29, 1.82) is 0 Å². The van der Waals surface area contributed by atoms with Crippen LogP contribution in [0.5, 0.6) is 0 Å². The Labute approximate surface area is 55.4 Å². The van der Waals surface area contributed by atoms with E-state index in [1.165, 1.54) is 0 Å². The molecule has 0 N–H and O–H groups in total. The van der Waals surface area contributed by atoms with Gasteiger partial charge >= 0.3 is 5.97 Å². The maximum atomic E-state index is 10.2. The molecule has 1 heterocycles. The maximum Gasteiger partial charge on any atom is 0.323 e. The molecule has 1 rings (SSSR count). The van der Waals surface area contributed by atoms with Crippen molar-refractivity contribution in [3.63, 3.8) is 0 Å². The van der Waals surface area contributed by atoms with E-state index in [-0.39, 0.29) is 16.0 Å². The fourth-order valence-corrected chi connectivity index (χ4v) is 0.721. The predicted octanol–water partition coefficient (Wildman–Crippen LogP) is 0.735. The van der Waals surface area contributed by atoms with Crippen LogP contribution in [-0.2, 0) is 9.53 Å². The highest BCUT2D eigenvalue weighted by Crippen LogP contribution is 2.21. The average Bonchev–Trinajstić information content (AvgIpc) is 1.68. The number of ether oxygens (including phenoxy) is 1. The summed E-state index contributed by atoms with van der Waals surface area (Å²) in [6, 6.07) is 0. The first-order valence-corrected chi connectivity index (χ1v) is 3.31. The van der Waals surface area contributed by atoms with Crippen LogP contribution in [0.1, 0.15) is 6.92 Å². The third-order valence-electron chi connectivity index (χ3n) is 0.939. The van der Waals surface area contributed by atoms with Crippen molar-refractivity contribution >= 4 is 28.6 Å². The van der Waals surface area contributed by atoms with Crippen molar-refractivity contribution in [2.75, 3.05) is 0 Å². The molecule has 2 atom stereocenters. The van der Waals surface area contributed by atoms with Crippen molar-refractivity contribution in [3.8, 4) is 0 Å². The molecule has 0 aromatic heterocycles. The molecule has 7 heavy (non-hydrogen) atoms. The summed E-state index contributed by atoms with van der Waals surface area (Å²) in [6.07, 6.45) is 0.146. The topological polar surface area (TPSA) is 26.3 Å². The molecule has 40 valence electrons. The number of carbonyl (C=O) groups excluding carboxylic acids is 1. The zero-order valence-corrected chi connectivity index (χ0v) is 6.01. The van der Waals surface area contributed by atoms with E-state index in [2.05, 4.69) is 27.3 Å². The molecule has 1 aliphatic rings. The Kier molecular flexibility index (Phi) is 1.23. The predicted molar refractivity (Wildman–Crippen MR) is 33.4 cm³/mol. The number of cyclic esters (lactones) is 1. The molecular formula is C4H5IO2. The summed E-state index contributed by atoms with van der Waals surface area (Å²) in [5.74, 6) is -0.0758. The molecule has 0 bridgehead atoms. The van der Waals surface area contributed by atoms with E-state index in [9.17, 15) is 4.79 Å². The monoisotopic (exact) mass is 212 g/mol. The van der Waals surface area contributed by atoms with Gasteiger partial charge in [-0.05, 0) is 6.92 Å². The fraction of sp³-hybridized carbons (Fsp3) is 0.750. The smallest absolute Gasteiger partial charge is 0.323 e. The van der Waals surface area contributed by atoms with Crippen molar-refractivity contribution in [1.82, 2.24) is 0 Å². The Hall–Kier alpha value is 0.200. The first-order valence-electron chi connectivity index (χ1n) is 2.06. The Morgan fingerprint density at radius 3 is 2.43 bits per heavy atom. The molecule has 1 aliphatic heterocycles. The molecule has 0 radical (unpaired) electrons. The molecule has 3 heteroatoms. The number of rotatable bonds is 0. The number of hydrogen-bond acceptors (Lipinski definition) is 2. The van der Waals surface area contributed by atoms with Crippen molar-refractivity contribution in [3.05, 3.63) is 0 Å². The van der Waals surface area contributed by atoms with Crippen LogP contribution in [-0.4, -0.2) is 16.0 Å². The molecule has 2 nitrogen and oxygen atoms in total. The third-order valence-corrected chi connectivity index (χ3v) is 2.46. The average molecular weight is 212 g/mol. The SMILES string of the molecule is CC1OC(=O)C1I. The van der Waals surface area contributed by atoms with E-state index in [0.29, 0.717) is 0 Å². The lowest BCUT2D eigenvalue weighted by atomic mass is 10.2. The highest BCUT2D eigenvalue weighted by atomic mass is 127. The van der Waals surface area contributed by atoms with Crippen LogP contribution in [0.3, 0.4) is 0 Å². The second-order valence-electron chi connectivity index (χ2n) is 1.54. The Bertz CT molecular complexity index is 102. The van der Waals surface area contributed by atoms with Crippen LogP contribution in [0.25, 0.3) is 0 Å². The molecule has 0 aromatic carbocycles. The van der Waals surface area contributed by atoms with E-state index < -0.39 is 0 Å². The summed E-state index contributed by atoms with van der Waals surface area (Å²) in [4.78, 5) is 10.2. The quantitative estimate of drug-likeness (QED) is 0.336. The first kappa shape index (κ1) is 5.34. The molecule has 2 unspecified atom stereocenters. The Balaban J connectivity index is 2.43. The van der Waals surface area contributed by atoms with Crippen molar-refractivity contribution in [2.45, 2.75) is 17.0 Å². The van der Waals surface area contributed by atoms with Gasteiger partial charge in [0.05, 0.1) is 0 Å². The Morgan fingerprint density at radius 2 is 2.43 bits per heavy atom. The van der Waals surface area contributed by atoms with Gasteiger partial charge in [-0.3, -0.25) is 4.79 Å². The van der Waals surface area contributed by atoms with Crippen LogP contribution < -0.4 is 0 Å². The van der Waals surface area contributed by atoms with E-state index in [1.54, 1.807) is 0 Å². The molecule has 0 amide bonds. The lowest BCUT2D eigenvalue weighted by Gasteiger charge is -2.27. The van der Waals surface area contributed by atoms with Crippen LogP contribution in [0.2, 0.25) is 0 Å². The zero-order valence-electron chi connectivity index (χ0n) is 3.85. The highest BCUT2D eigenvalue weighted by Gasteiger charge is 2.36. The molecule has 0 aliphatic carbocycles. The molecule has 0 aromatic rings. The lowest BCUT2D eigenvalue weighted by molar-refractivity contribution is -0.164. The van der Waals surface area contributed by atoms with Crippen LogP contribution in [0.4, 0.5) is 0 Å².